The molecule has 0 spiro atoms. The van der Waals surface area contributed by atoms with E-state index in [1.807, 2.05) is 4.90 Å². The summed E-state index contributed by atoms with van der Waals surface area (Å²) in [6.07, 6.45) is -2.81. The number of aromatic nitrogens is 1. The van der Waals surface area contributed by atoms with Crippen molar-refractivity contribution in [3.8, 4) is 28.5 Å². The zero-order valence-corrected chi connectivity index (χ0v) is 24.9. The molecule has 0 saturated carbocycles. The minimum absolute atomic E-state index is 0.0398. The van der Waals surface area contributed by atoms with Crippen LogP contribution in [-0.2, 0) is 19.6 Å². The highest BCUT2D eigenvalue weighted by Gasteiger charge is 2.35. The maximum Gasteiger partial charge on any atom is 0.312 e. The zero-order chi connectivity index (χ0) is 32.7. The van der Waals surface area contributed by atoms with Crippen LogP contribution >= 0.6 is 0 Å². The van der Waals surface area contributed by atoms with E-state index in [-0.39, 0.29) is 61.3 Å². The van der Waals surface area contributed by atoms with Gasteiger partial charge >= 0.3 is 5.97 Å². The number of halogens is 3. The third-order valence-electron chi connectivity index (χ3n) is 7.99. The van der Waals surface area contributed by atoms with Crippen molar-refractivity contribution < 1.29 is 31.1 Å². The standard InChI is InChI=1S/C34H23F3N4O4S/c1-39-28-8-4-6-22(17-38)30(28)31-27-16-24(35)11-14-29(27)41(46(43,44)26-12-9-20(10-13-26)33(36)37)32(31)21-5-3-7-25(15-21)40-18-23(19-40)34(42)45-2/h3-16,23,33H,18-19H2,2H3. The number of hydrogen-bond donors (Lipinski definition) is 0. The molecule has 8 nitrogen and oxygen atoms in total. The Bertz CT molecular complexity index is 2180. The van der Waals surface area contributed by atoms with E-state index in [1.54, 1.807) is 24.3 Å². The van der Waals surface area contributed by atoms with Gasteiger partial charge in [0.05, 0.1) is 41.8 Å². The molecule has 230 valence electrons. The van der Waals surface area contributed by atoms with Gasteiger partial charge in [-0.15, -0.1) is 0 Å². The van der Waals surface area contributed by atoms with Gasteiger partial charge in [-0.05, 0) is 48.5 Å². The van der Waals surface area contributed by atoms with Crippen LogP contribution in [0.25, 0.3) is 38.1 Å². The largest absolute Gasteiger partial charge is 0.469 e. The third kappa shape index (κ3) is 5.03. The van der Waals surface area contributed by atoms with E-state index in [4.69, 9.17) is 11.3 Å². The van der Waals surface area contributed by atoms with E-state index in [1.165, 1.54) is 31.4 Å². The molecule has 0 radical (unpaired) electrons. The fraction of sp³-hybridized carbons (Fsp3) is 0.147. The molecule has 1 saturated heterocycles. The van der Waals surface area contributed by atoms with Gasteiger partial charge in [0.2, 0.25) is 0 Å². The molecule has 1 aliphatic rings. The lowest BCUT2D eigenvalue weighted by Crippen LogP contribution is -2.50. The highest BCUT2D eigenvalue weighted by atomic mass is 32.2. The minimum atomic E-state index is -4.56. The smallest absolute Gasteiger partial charge is 0.312 e. The molecule has 0 unspecified atom stereocenters. The number of benzene rings is 4. The molecule has 5 aromatic rings. The number of ether oxygens (including phenoxy) is 1. The summed E-state index contributed by atoms with van der Waals surface area (Å²) in [6.45, 7) is 8.59. The maximum atomic E-state index is 14.9. The lowest BCUT2D eigenvalue weighted by atomic mass is 9.93. The van der Waals surface area contributed by atoms with E-state index in [0.29, 0.717) is 24.3 Å². The molecule has 46 heavy (non-hydrogen) atoms. The van der Waals surface area contributed by atoms with Crippen molar-refractivity contribution in [2.24, 2.45) is 5.92 Å². The molecule has 1 fully saturated rings. The van der Waals surface area contributed by atoms with Gasteiger partial charge in [-0.3, -0.25) is 4.79 Å². The van der Waals surface area contributed by atoms with Gasteiger partial charge in [-0.1, -0.05) is 36.4 Å². The minimum Gasteiger partial charge on any atom is -0.469 e. The van der Waals surface area contributed by atoms with E-state index >= 15 is 0 Å². The summed E-state index contributed by atoms with van der Waals surface area (Å²) in [6, 6.07) is 21.1. The van der Waals surface area contributed by atoms with Crippen molar-refractivity contribution in [2.75, 3.05) is 25.1 Å². The van der Waals surface area contributed by atoms with E-state index in [9.17, 15) is 31.6 Å². The molecule has 6 rings (SSSR count). The molecule has 4 aromatic carbocycles. The molecular weight excluding hydrogens is 617 g/mol. The number of nitrogens with zero attached hydrogens (tertiary/aromatic N) is 4. The van der Waals surface area contributed by atoms with Crippen molar-refractivity contribution in [1.82, 2.24) is 3.97 Å². The Morgan fingerprint density at radius 2 is 1.74 bits per heavy atom. The molecule has 1 aliphatic heterocycles. The van der Waals surface area contributed by atoms with Crippen molar-refractivity contribution in [3.05, 3.63) is 113 Å². The second kappa shape index (κ2) is 11.7. The second-order valence-corrected chi connectivity index (χ2v) is 12.4. The summed E-state index contributed by atoms with van der Waals surface area (Å²) in [4.78, 5) is 17.2. The summed E-state index contributed by atoms with van der Waals surface area (Å²) < 4.78 is 76.4. The van der Waals surface area contributed by atoms with Crippen LogP contribution < -0.4 is 4.90 Å². The van der Waals surface area contributed by atoms with E-state index in [0.717, 1.165) is 40.4 Å². The van der Waals surface area contributed by atoms with Crippen LogP contribution in [0.5, 0.6) is 0 Å². The Labute approximate surface area is 262 Å². The van der Waals surface area contributed by atoms with Crippen LogP contribution in [0.1, 0.15) is 17.6 Å². The van der Waals surface area contributed by atoms with Crippen LogP contribution in [0.3, 0.4) is 0 Å². The Morgan fingerprint density at radius 1 is 1.02 bits per heavy atom. The number of carbonyl (C=O) groups excluding carboxylic acids is 1. The Hall–Kier alpha value is -5.59. The van der Waals surface area contributed by atoms with Crippen molar-refractivity contribution in [3.63, 3.8) is 0 Å². The first kappa shape index (κ1) is 30.4. The summed E-state index contributed by atoms with van der Waals surface area (Å²) in [5, 5.41) is 10.2. The Morgan fingerprint density at radius 3 is 2.39 bits per heavy atom. The first-order valence-electron chi connectivity index (χ1n) is 13.9. The fourth-order valence-electron chi connectivity index (χ4n) is 5.73. The zero-order valence-electron chi connectivity index (χ0n) is 24.1. The van der Waals surface area contributed by atoms with Gasteiger partial charge in [-0.2, -0.15) is 5.26 Å². The number of methoxy groups -OCH3 is 1. The van der Waals surface area contributed by atoms with E-state index in [2.05, 4.69) is 10.9 Å². The average Bonchev–Trinajstić information content (AvgIpc) is 3.38. The topological polar surface area (TPSA) is 96.8 Å². The summed E-state index contributed by atoms with van der Waals surface area (Å²) in [5.74, 6) is -1.36. The number of anilines is 1. The quantitative estimate of drug-likeness (QED) is 0.137. The Balaban J connectivity index is 1.69. The number of fused-ring (bicyclic) bond motifs is 1. The van der Waals surface area contributed by atoms with Crippen molar-refractivity contribution >= 4 is 38.3 Å². The predicted octanol–water partition coefficient (Wildman–Crippen LogP) is 7.32. The van der Waals surface area contributed by atoms with Crippen LogP contribution in [0, 0.1) is 29.6 Å². The van der Waals surface area contributed by atoms with Crippen LogP contribution in [-0.4, -0.2) is 38.6 Å². The molecule has 0 bridgehead atoms. The number of esters is 1. The van der Waals surface area contributed by atoms with Crippen LogP contribution in [0.2, 0.25) is 0 Å². The first-order valence-corrected chi connectivity index (χ1v) is 15.3. The highest BCUT2D eigenvalue weighted by molar-refractivity contribution is 7.90. The average molecular weight is 641 g/mol. The molecule has 0 atom stereocenters. The maximum absolute atomic E-state index is 14.9. The van der Waals surface area contributed by atoms with Crippen LogP contribution in [0.4, 0.5) is 24.5 Å². The molecule has 2 heterocycles. The van der Waals surface area contributed by atoms with Gasteiger partial charge < -0.3 is 9.64 Å². The van der Waals surface area contributed by atoms with Gasteiger partial charge in [0.1, 0.15) is 5.82 Å². The Kier molecular flexibility index (Phi) is 7.76. The normalized spacial score (nSPS) is 13.3. The van der Waals surface area contributed by atoms with E-state index < -0.39 is 22.3 Å². The van der Waals surface area contributed by atoms with Gasteiger partial charge in [0.15, 0.2) is 5.69 Å². The lowest BCUT2D eigenvalue weighted by Gasteiger charge is -2.39. The molecule has 0 N–H and O–H groups in total. The number of carbonyl (C=O) groups is 1. The summed E-state index contributed by atoms with van der Waals surface area (Å²) in [7, 11) is -3.25. The van der Waals surface area contributed by atoms with Crippen molar-refractivity contribution in [1.29, 1.82) is 5.26 Å². The molecule has 12 heteroatoms. The number of nitriles is 1. The number of rotatable bonds is 7. The molecule has 0 aliphatic carbocycles. The first-order chi connectivity index (χ1) is 22.1. The lowest BCUT2D eigenvalue weighted by molar-refractivity contribution is -0.146. The fourth-order valence-corrected chi connectivity index (χ4v) is 7.28. The van der Waals surface area contributed by atoms with Gasteiger partial charge in [-0.25, -0.2) is 30.4 Å². The number of hydrogen-bond acceptors (Lipinski definition) is 6. The van der Waals surface area contributed by atoms with Gasteiger partial charge in [0, 0.05) is 52.0 Å². The highest BCUT2D eigenvalue weighted by Crippen LogP contribution is 2.48. The van der Waals surface area contributed by atoms with Crippen molar-refractivity contribution in [2.45, 2.75) is 11.3 Å². The summed E-state index contributed by atoms with van der Waals surface area (Å²) >= 11 is 0. The number of alkyl halides is 2. The SMILES string of the molecule is [C-]#[N+]c1cccc(C#N)c1-c1c(-c2cccc(N3CC(C(=O)OC)C3)c2)n(S(=O)(=O)c2ccc(C(F)F)cc2)c2ccc(F)cc12. The predicted molar refractivity (Wildman–Crippen MR) is 165 cm³/mol. The van der Waals surface area contributed by atoms with Gasteiger partial charge in [0.25, 0.3) is 16.4 Å². The second-order valence-electron chi connectivity index (χ2n) is 10.6. The third-order valence-corrected chi connectivity index (χ3v) is 9.72. The summed E-state index contributed by atoms with van der Waals surface area (Å²) in [5.41, 5.74) is 1.10. The molecular formula is C34H23F3N4O4S. The molecule has 0 amide bonds. The monoisotopic (exact) mass is 640 g/mol. The van der Waals surface area contributed by atoms with Crippen LogP contribution in [0.15, 0.2) is 89.8 Å². The molecule has 1 aromatic heterocycles.